The van der Waals surface area contributed by atoms with E-state index in [1.807, 2.05) is 0 Å². The zero-order chi connectivity index (χ0) is 12.5. The SMILES string of the molecule is CNc1c(Br)cc(C(F)(F)F)cc1[N+](=O)[O-]. The standard InChI is InChI=1S/C8H6BrF3N2O2/c1-13-7-5(9)2-4(8(10,11)12)3-6(7)14(15)16/h2-3,13H,1H3. The second-order valence-electron chi connectivity index (χ2n) is 2.86. The van der Waals surface area contributed by atoms with Gasteiger partial charge >= 0.3 is 6.18 Å². The smallest absolute Gasteiger partial charge is 0.382 e. The molecule has 0 atom stereocenters. The van der Waals surface area contributed by atoms with Gasteiger partial charge in [0.15, 0.2) is 0 Å². The van der Waals surface area contributed by atoms with Crippen molar-refractivity contribution in [2.24, 2.45) is 0 Å². The molecule has 0 aromatic heterocycles. The van der Waals surface area contributed by atoms with E-state index in [0.717, 1.165) is 6.07 Å². The van der Waals surface area contributed by atoms with Crippen molar-refractivity contribution < 1.29 is 18.1 Å². The van der Waals surface area contributed by atoms with Gasteiger partial charge in [0.05, 0.1) is 10.5 Å². The van der Waals surface area contributed by atoms with Crippen LogP contribution in [0.5, 0.6) is 0 Å². The van der Waals surface area contributed by atoms with Crippen LogP contribution in [0, 0.1) is 10.1 Å². The summed E-state index contributed by atoms with van der Waals surface area (Å²) in [7, 11) is 1.39. The van der Waals surface area contributed by atoms with E-state index in [1.54, 1.807) is 0 Å². The van der Waals surface area contributed by atoms with Crippen LogP contribution < -0.4 is 5.32 Å². The van der Waals surface area contributed by atoms with Gasteiger partial charge in [0.25, 0.3) is 5.69 Å². The summed E-state index contributed by atoms with van der Waals surface area (Å²) < 4.78 is 37.1. The molecule has 1 aromatic rings. The molecule has 0 saturated carbocycles. The molecule has 0 fully saturated rings. The number of nitro groups is 1. The first-order valence-corrected chi connectivity index (χ1v) is 4.79. The molecule has 0 bridgehead atoms. The molecule has 0 aliphatic carbocycles. The maximum absolute atomic E-state index is 12.4. The number of alkyl halides is 3. The molecule has 8 heteroatoms. The minimum absolute atomic E-state index is 0.00322. The van der Waals surface area contributed by atoms with Gasteiger partial charge in [-0.3, -0.25) is 10.1 Å². The van der Waals surface area contributed by atoms with Crippen molar-refractivity contribution in [3.63, 3.8) is 0 Å². The molecule has 0 radical (unpaired) electrons. The lowest BCUT2D eigenvalue weighted by Gasteiger charge is -2.10. The molecule has 0 aliphatic rings. The Morgan fingerprint density at radius 3 is 2.38 bits per heavy atom. The average Bonchev–Trinajstić information content (AvgIpc) is 2.14. The minimum Gasteiger partial charge on any atom is -0.382 e. The summed E-state index contributed by atoms with van der Waals surface area (Å²) in [5, 5.41) is 13.1. The molecule has 0 saturated heterocycles. The van der Waals surface area contributed by atoms with Crippen LogP contribution in [0.2, 0.25) is 0 Å². The number of halogens is 4. The molecule has 0 aliphatic heterocycles. The number of nitrogens with zero attached hydrogens (tertiary/aromatic N) is 1. The van der Waals surface area contributed by atoms with Crippen LogP contribution in [0.25, 0.3) is 0 Å². The first-order chi connectivity index (χ1) is 7.27. The van der Waals surface area contributed by atoms with E-state index < -0.39 is 22.4 Å². The Balaban J connectivity index is 3.46. The average molecular weight is 299 g/mol. The van der Waals surface area contributed by atoms with Crippen molar-refractivity contribution in [2.75, 3.05) is 12.4 Å². The maximum atomic E-state index is 12.4. The van der Waals surface area contributed by atoms with Crippen LogP contribution in [0.4, 0.5) is 24.5 Å². The number of nitrogens with one attached hydrogen (secondary N) is 1. The molecule has 0 heterocycles. The number of nitro benzene ring substituents is 1. The quantitative estimate of drug-likeness (QED) is 0.672. The fourth-order valence-electron chi connectivity index (χ4n) is 1.15. The molecular weight excluding hydrogens is 293 g/mol. The van der Waals surface area contributed by atoms with Crippen molar-refractivity contribution in [2.45, 2.75) is 6.18 Å². The third-order valence-electron chi connectivity index (χ3n) is 1.84. The highest BCUT2D eigenvalue weighted by atomic mass is 79.9. The maximum Gasteiger partial charge on any atom is 0.416 e. The Morgan fingerprint density at radius 2 is 2.00 bits per heavy atom. The fraction of sp³-hybridized carbons (Fsp3) is 0.250. The number of benzene rings is 1. The molecule has 88 valence electrons. The summed E-state index contributed by atoms with van der Waals surface area (Å²) in [5.41, 5.74) is -1.67. The first kappa shape index (κ1) is 12.8. The van der Waals surface area contributed by atoms with Crippen molar-refractivity contribution in [3.05, 3.63) is 32.3 Å². The monoisotopic (exact) mass is 298 g/mol. The van der Waals surface area contributed by atoms with Crippen molar-refractivity contribution in [3.8, 4) is 0 Å². The van der Waals surface area contributed by atoms with Gasteiger partial charge in [-0.05, 0) is 22.0 Å². The Hall–Kier alpha value is -1.31. The molecule has 4 nitrogen and oxygen atoms in total. The highest BCUT2D eigenvalue weighted by Gasteiger charge is 2.34. The molecule has 1 rings (SSSR count). The molecule has 1 N–H and O–H groups in total. The zero-order valence-corrected chi connectivity index (χ0v) is 9.52. The van der Waals surface area contributed by atoms with Crippen LogP contribution in [-0.2, 0) is 6.18 Å². The lowest BCUT2D eigenvalue weighted by molar-refractivity contribution is -0.384. The van der Waals surface area contributed by atoms with Crippen molar-refractivity contribution in [1.82, 2.24) is 0 Å². The van der Waals surface area contributed by atoms with Crippen LogP contribution in [0.3, 0.4) is 0 Å². The summed E-state index contributed by atoms with van der Waals surface area (Å²) in [6, 6.07) is 1.29. The predicted octanol–water partition coefficient (Wildman–Crippen LogP) is 3.42. The summed E-state index contributed by atoms with van der Waals surface area (Å²) in [5.74, 6) is 0. The van der Waals surface area contributed by atoms with Gasteiger partial charge in [-0.25, -0.2) is 0 Å². The van der Waals surface area contributed by atoms with E-state index in [0.29, 0.717) is 6.07 Å². The van der Waals surface area contributed by atoms with E-state index in [9.17, 15) is 23.3 Å². The van der Waals surface area contributed by atoms with E-state index >= 15 is 0 Å². The van der Waals surface area contributed by atoms with Crippen LogP contribution in [-0.4, -0.2) is 12.0 Å². The predicted molar refractivity (Wildman–Crippen MR) is 55.3 cm³/mol. The van der Waals surface area contributed by atoms with Gasteiger partial charge in [-0.15, -0.1) is 0 Å². The number of rotatable bonds is 2. The van der Waals surface area contributed by atoms with Gasteiger partial charge in [-0.2, -0.15) is 13.2 Å². The van der Waals surface area contributed by atoms with E-state index in [2.05, 4.69) is 21.2 Å². The van der Waals surface area contributed by atoms with E-state index in [-0.39, 0.29) is 10.2 Å². The molecule has 0 amide bonds. The summed E-state index contributed by atoms with van der Waals surface area (Å²) in [6.07, 6.45) is -4.61. The largest absolute Gasteiger partial charge is 0.416 e. The fourth-order valence-corrected chi connectivity index (χ4v) is 1.80. The minimum atomic E-state index is -4.61. The Morgan fingerprint density at radius 1 is 1.44 bits per heavy atom. The first-order valence-electron chi connectivity index (χ1n) is 4.00. The van der Waals surface area contributed by atoms with Crippen LogP contribution in [0.15, 0.2) is 16.6 Å². The number of hydrogen-bond acceptors (Lipinski definition) is 3. The normalized spacial score (nSPS) is 11.3. The van der Waals surface area contributed by atoms with Crippen LogP contribution >= 0.6 is 15.9 Å². The van der Waals surface area contributed by atoms with Gasteiger partial charge in [0.2, 0.25) is 0 Å². The molecule has 16 heavy (non-hydrogen) atoms. The lowest BCUT2D eigenvalue weighted by Crippen LogP contribution is -2.07. The van der Waals surface area contributed by atoms with E-state index in [4.69, 9.17) is 0 Å². The lowest BCUT2D eigenvalue weighted by atomic mass is 10.1. The molecule has 0 spiro atoms. The topological polar surface area (TPSA) is 55.2 Å². The highest BCUT2D eigenvalue weighted by Crippen LogP contribution is 2.39. The van der Waals surface area contributed by atoms with Gasteiger partial charge < -0.3 is 5.32 Å². The van der Waals surface area contributed by atoms with E-state index in [1.165, 1.54) is 7.05 Å². The highest BCUT2D eigenvalue weighted by molar-refractivity contribution is 9.10. The van der Waals surface area contributed by atoms with Crippen LogP contribution in [0.1, 0.15) is 5.56 Å². The second-order valence-corrected chi connectivity index (χ2v) is 3.71. The molecule has 0 unspecified atom stereocenters. The summed E-state index contributed by atoms with van der Waals surface area (Å²) >= 11 is 2.85. The number of hydrogen-bond donors (Lipinski definition) is 1. The Kier molecular flexibility index (Phi) is 3.41. The van der Waals surface area contributed by atoms with Crippen molar-refractivity contribution >= 4 is 27.3 Å². The Labute approximate surface area is 96.7 Å². The Bertz CT molecular complexity index is 434. The van der Waals surface area contributed by atoms with Gasteiger partial charge in [0.1, 0.15) is 5.69 Å². The number of anilines is 1. The molecule has 1 aromatic carbocycles. The third kappa shape index (κ3) is 2.43. The summed E-state index contributed by atoms with van der Waals surface area (Å²) in [6.45, 7) is 0. The summed E-state index contributed by atoms with van der Waals surface area (Å²) in [4.78, 5) is 9.72. The molecular formula is C8H6BrF3N2O2. The second kappa shape index (κ2) is 4.28. The van der Waals surface area contributed by atoms with Gasteiger partial charge in [0, 0.05) is 17.6 Å². The van der Waals surface area contributed by atoms with Gasteiger partial charge in [-0.1, -0.05) is 0 Å². The third-order valence-corrected chi connectivity index (χ3v) is 2.47. The van der Waals surface area contributed by atoms with Crippen molar-refractivity contribution in [1.29, 1.82) is 0 Å². The zero-order valence-electron chi connectivity index (χ0n) is 7.93.